The number of hydrogen-bond acceptors (Lipinski definition) is 2. The van der Waals surface area contributed by atoms with E-state index in [1.54, 1.807) is 0 Å². The zero-order valence-corrected chi connectivity index (χ0v) is 7.95. The number of halogens is 1. The van der Waals surface area contributed by atoms with E-state index in [0.29, 0.717) is 6.42 Å². The topological polar surface area (TPSA) is 43.1 Å². The lowest BCUT2D eigenvalue weighted by Crippen LogP contribution is -2.03. The molecule has 0 aliphatic heterocycles. The maximum atomic E-state index is 10.1. The monoisotopic (exact) mass is 229 g/mol. The molecule has 64 valence electrons. The van der Waals surface area contributed by atoms with Crippen LogP contribution in [0.5, 0.6) is 0 Å². The van der Waals surface area contributed by atoms with Crippen molar-refractivity contribution in [3.63, 3.8) is 0 Å². The van der Waals surface area contributed by atoms with Gasteiger partial charge in [0.2, 0.25) is 6.54 Å². The highest BCUT2D eigenvalue weighted by atomic mass is 79.9. The highest BCUT2D eigenvalue weighted by molar-refractivity contribution is 9.10. The van der Waals surface area contributed by atoms with Crippen LogP contribution in [0.15, 0.2) is 28.7 Å². The zero-order valence-electron chi connectivity index (χ0n) is 6.37. The first-order valence-corrected chi connectivity index (χ1v) is 4.34. The van der Waals surface area contributed by atoms with Crippen LogP contribution in [0, 0.1) is 10.1 Å². The molecule has 1 aromatic rings. The molecular formula is C8H8BrNO2. The van der Waals surface area contributed by atoms with Crippen molar-refractivity contribution in [2.45, 2.75) is 6.42 Å². The summed E-state index contributed by atoms with van der Waals surface area (Å²) in [4.78, 5) is 9.75. The molecule has 0 N–H and O–H groups in total. The Hall–Kier alpha value is -0.900. The van der Waals surface area contributed by atoms with E-state index in [0.717, 1.165) is 10.0 Å². The number of nitrogens with zero attached hydrogens (tertiary/aromatic N) is 1. The molecule has 0 aromatic heterocycles. The summed E-state index contributed by atoms with van der Waals surface area (Å²) < 4.78 is 0.961. The van der Waals surface area contributed by atoms with Crippen molar-refractivity contribution in [3.05, 3.63) is 44.4 Å². The van der Waals surface area contributed by atoms with E-state index in [1.165, 1.54) is 0 Å². The summed E-state index contributed by atoms with van der Waals surface area (Å²) in [6.45, 7) is -0.00352. The molecule has 1 rings (SSSR count). The second kappa shape index (κ2) is 4.21. The molecule has 0 spiro atoms. The molecule has 4 heteroatoms. The Labute approximate surface area is 78.7 Å². The molecule has 0 fully saturated rings. The molecule has 0 saturated carbocycles. The number of benzene rings is 1. The second-order valence-corrected chi connectivity index (χ2v) is 3.35. The third-order valence-corrected chi connectivity index (χ3v) is 1.97. The summed E-state index contributed by atoms with van der Waals surface area (Å²) in [5, 5.41) is 10.1. The van der Waals surface area contributed by atoms with E-state index in [4.69, 9.17) is 0 Å². The number of nitro groups is 1. The lowest BCUT2D eigenvalue weighted by Gasteiger charge is -1.96. The SMILES string of the molecule is O=[N+]([O-])CCc1cccc(Br)c1. The largest absolute Gasteiger partial charge is 0.265 e. The smallest absolute Gasteiger partial charge is 0.207 e. The first-order chi connectivity index (χ1) is 5.68. The van der Waals surface area contributed by atoms with Crippen LogP contribution < -0.4 is 0 Å². The van der Waals surface area contributed by atoms with Crippen molar-refractivity contribution in [2.75, 3.05) is 6.54 Å². The normalized spacial score (nSPS) is 9.75. The Morgan fingerprint density at radius 1 is 1.50 bits per heavy atom. The molecular weight excluding hydrogens is 222 g/mol. The minimum atomic E-state index is -0.305. The van der Waals surface area contributed by atoms with Gasteiger partial charge in [0.15, 0.2) is 0 Å². The minimum absolute atomic E-state index is 0.00352. The standard InChI is InChI=1S/C8H8BrNO2/c9-8-3-1-2-7(6-8)4-5-10(11)12/h1-3,6H,4-5H2. The summed E-state index contributed by atoms with van der Waals surface area (Å²) in [7, 11) is 0. The van der Waals surface area contributed by atoms with Gasteiger partial charge in [-0.05, 0) is 17.7 Å². The van der Waals surface area contributed by atoms with Gasteiger partial charge in [-0.3, -0.25) is 10.1 Å². The van der Waals surface area contributed by atoms with Crippen molar-refractivity contribution in [1.82, 2.24) is 0 Å². The maximum Gasteiger partial charge on any atom is 0.207 e. The summed E-state index contributed by atoms with van der Waals surface area (Å²) in [6.07, 6.45) is 0.492. The van der Waals surface area contributed by atoms with Gasteiger partial charge in [0.25, 0.3) is 0 Å². The van der Waals surface area contributed by atoms with Gasteiger partial charge in [-0.25, -0.2) is 0 Å². The first kappa shape index (κ1) is 9.19. The van der Waals surface area contributed by atoms with Crippen molar-refractivity contribution >= 4 is 15.9 Å². The van der Waals surface area contributed by atoms with Crippen molar-refractivity contribution in [3.8, 4) is 0 Å². The van der Waals surface area contributed by atoms with Gasteiger partial charge in [-0.2, -0.15) is 0 Å². The van der Waals surface area contributed by atoms with Crippen LogP contribution >= 0.6 is 15.9 Å². The van der Waals surface area contributed by atoms with Crippen molar-refractivity contribution in [2.24, 2.45) is 0 Å². The van der Waals surface area contributed by atoms with Crippen LogP contribution in [0.4, 0.5) is 0 Å². The average Bonchev–Trinajstić information content (AvgIpc) is 2.01. The minimum Gasteiger partial charge on any atom is -0.265 e. The Kier molecular flexibility index (Phi) is 3.22. The fraction of sp³-hybridized carbons (Fsp3) is 0.250. The molecule has 0 aliphatic rings. The van der Waals surface area contributed by atoms with Gasteiger partial charge >= 0.3 is 0 Å². The van der Waals surface area contributed by atoms with Crippen LogP contribution in [0.3, 0.4) is 0 Å². The third kappa shape index (κ3) is 3.00. The summed E-state index contributed by atoms with van der Waals surface area (Å²) in [6, 6.07) is 7.55. The lowest BCUT2D eigenvalue weighted by atomic mass is 10.2. The molecule has 3 nitrogen and oxygen atoms in total. The van der Waals surface area contributed by atoms with Crippen LogP contribution in [-0.2, 0) is 6.42 Å². The summed E-state index contributed by atoms with van der Waals surface area (Å²) in [5.41, 5.74) is 0.987. The zero-order chi connectivity index (χ0) is 8.97. The van der Waals surface area contributed by atoms with Crippen molar-refractivity contribution in [1.29, 1.82) is 0 Å². The van der Waals surface area contributed by atoms with Gasteiger partial charge in [0.05, 0.1) is 0 Å². The van der Waals surface area contributed by atoms with Gasteiger partial charge in [-0.1, -0.05) is 28.1 Å². The highest BCUT2D eigenvalue weighted by Gasteiger charge is 1.99. The Morgan fingerprint density at radius 2 is 2.25 bits per heavy atom. The predicted molar refractivity (Wildman–Crippen MR) is 49.7 cm³/mol. The van der Waals surface area contributed by atoms with E-state index >= 15 is 0 Å². The third-order valence-electron chi connectivity index (χ3n) is 1.47. The van der Waals surface area contributed by atoms with Gasteiger partial charge in [0, 0.05) is 15.8 Å². The Bertz CT molecular complexity index is 288. The molecule has 0 atom stereocenters. The van der Waals surface area contributed by atoms with Crippen LogP contribution in [0.2, 0.25) is 0 Å². The predicted octanol–water partition coefficient (Wildman–Crippen LogP) is 2.27. The van der Waals surface area contributed by atoms with Gasteiger partial charge in [-0.15, -0.1) is 0 Å². The van der Waals surface area contributed by atoms with Crippen molar-refractivity contribution < 1.29 is 4.92 Å². The molecule has 12 heavy (non-hydrogen) atoms. The van der Waals surface area contributed by atoms with Crippen LogP contribution in [-0.4, -0.2) is 11.5 Å². The van der Waals surface area contributed by atoms with E-state index in [1.807, 2.05) is 24.3 Å². The first-order valence-electron chi connectivity index (χ1n) is 3.55. The molecule has 1 aromatic carbocycles. The quantitative estimate of drug-likeness (QED) is 0.590. The van der Waals surface area contributed by atoms with Gasteiger partial charge in [0.1, 0.15) is 0 Å². The van der Waals surface area contributed by atoms with Gasteiger partial charge < -0.3 is 0 Å². The maximum absolute atomic E-state index is 10.1. The van der Waals surface area contributed by atoms with E-state index in [2.05, 4.69) is 15.9 Å². The Balaban J connectivity index is 2.57. The van der Waals surface area contributed by atoms with E-state index < -0.39 is 0 Å². The van der Waals surface area contributed by atoms with E-state index in [-0.39, 0.29) is 11.5 Å². The molecule has 0 saturated heterocycles. The molecule has 0 bridgehead atoms. The number of rotatable bonds is 3. The highest BCUT2D eigenvalue weighted by Crippen LogP contribution is 2.11. The van der Waals surface area contributed by atoms with E-state index in [9.17, 15) is 10.1 Å². The summed E-state index contributed by atoms with van der Waals surface area (Å²) in [5.74, 6) is 0. The Morgan fingerprint density at radius 3 is 2.83 bits per heavy atom. The summed E-state index contributed by atoms with van der Waals surface area (Å²) >= 11 is 3.30. The average molecular weight is 230 g/mol. The molecule has 0 unspecified atom stereocenters. The lowest BCUT2D eigenvalue weighted by molar-refractivity contribution is -0.479. The molecule has 0 aliphatic carbocycles. The number of hydrogen-bond donors (Lipinski definition) is 0. The fourth-order valence-corrected chi connectivity index (χ4v) is 1.36. The molecule has 0 amide bonds. The van der Waals surface area contributed by atoms with Crippen LogP contribution in [0.1, 0.15) is 5.56 Å². The second-order valence-electron chi connectivity index (χ2n) is 2.44. The molecule has 0 radical (unpaired) electrons. The fourth-order valence-electron chi connectivity index (χ4n) is 0.913. The van der Waals surface area contributed by atoms with Crippen LogP contribution in [0.25, 0.3) is 0 Å². The molecule has 0 heterocycles.